The second-order valence-corrected chi connectivity index (χ2v) is 16.3. The number of nitrogens with zero attached hydrogens (tertiary/aromatic N) is 1. The monoisotopic (exact) mass is 764 g/mol. The number of hydrogen-bond acceptors (Lipinski definition) is 9. The summed E-state index contributed by atoms with van der Waals surface area (Å²) < 4.78 is 4.91. The molecule has 0 aliphatic carbocycles. The molecule has 0 spiro atoms. The lowest BCUT2D eigenvalue weighted by atomic mass is 9.62. The van der Waals surface area contributed by atoms with E-state index in [2.05, 4.69) is 35.1 Å². The molecule has 7 amide bonds. The van der Waals surface area contributed by atoms with Crippen molar-refractivity contribution < 1.29 is 38.3 Å². The molecule has 6 N–H and O–H groups in total. The van der Waals surface area contributed by atoms with E-state index >= 15 is 0 Å². The number of nitrogens with two attached hydrogens (primary N) is 1. The Morgan fingerprint density at radius 1 is 0.906 bits per heavy atom. The highest BCUT2D eigenvalue weighted by Gasteiger charge is 2.51. The number of anilines is 1. The van der Waals surface area contributed by atoms with Gasteiger partial charge in [0, 0.05) is 42.6 Å². The Morgan fingerprint density at radius 3 is 1.87 bits per heavy atom. The quantitative estimate of drug-likeness (QED) is 0.0639. The highest BCUT2D eigenvalue weighted by atomic mass is 32.2. The van der Waals surface area contributed by atoms with Crippen LogP contribution in [-0.4, -0.2) is 77.7 Å². The summed E-state index contributed by atoms with van der Waals surface area (Å²) in [6, 6.07) is 6.49. The molecule has 2 rings (SSSR count). The molecule has 1 aliphatic heterocycles. The van der Waals surface area contributed by atoms with Crippen molar-refractivity contribution in [2.75, 3.05) is 31.2 Å². The number of carbonyl (C=O) groups is 7. The zero-order valence-corrected chi connectivity index (χ0v) is 34.5. The summed E-state index contributed by atoms with van der Waals surface area (Å²) in [5.41, 5.74) is 4.17. The molecule has 1 aromatic carbocycles. The fourth-order valence-corrected chi connectivity index (χ4v) is 5.77. The summed E-state index contributed by atoms with van der Waals surface area (Å²) in [5, 5.41) is 10.1. The number of benzene rings is 1. The Labute approximate surface area is 320 Å². The Balaban J connectivity index is 0.00000124. The number of rotatable bonds is 15. The van der Waals surface area contributed by atoms with Gasteiger partial charge < -0.3 is 31.7 Å². The van der Waals surface area contributed by atoms with Crippen molar-refractivity contribution in [1.82, 2.24) is 20.9 Å². The van der Waals surface area contributed by atoms with Gasteiger partial charge in [-0.1, -0.05) is 73.9 Å². The molecule has 53 heavy (non-hydrogen) atoms. The lowest BCUT2D eigenvalue weighted by molar-refractivity contribution is -0.165. The van der Waals surface area contributed by atoms with Crippen LogP contribution in [0.5, 0.6) is 0 Å². The van der Waals surface area contributed by atoms with Gasteiger partial charge in [-0.3, -0.25) is 28.9 Å². The van der Waals surface area contributed by atoms with E-state index in [0.717, 1.165) is 17.3 Å². The lowest BCUT2D eigenvalue weighted by Gasteiger charge is -2.50. The van der Waals surface area contributed by atoms with Crippen molar-refractivity contribution >= 4 is 58.8 Å². The molecule has 1 aliphatic rings. The summed E-state index contributed by atoms with van der Waals surface area (Å²) in [5.74, 6) is -1.09. The average Bonchev–Trinajstić information content (AvgIpc) is 3.03. The number of ether oxygens (including phenoxy) is 1. The summed E-state index contributed by atoms with van der Waals surface area (Å²) in [4.78, 5) is 84.1. The van der Waals surface area contributed by atoms with Gasteiger partial charge in [0.2, 0.25) is 30.0 Å². The van der Waals surface area contributed by atoms with Crippen LogP contribution >= 0.6 is 11.8 Å². The number of likely N-dealkylation sites (tertiary alicyclic amines) is 1. The lowest BCUT2D eigenvalue weighted by Crippen LogP contribution is -2.60. The number of nitrogens with one attached hydrogen (secondary N) is 4. The molecular formula is C38H64N6O8S. The van der Waals surface area contributed by atoms with Crippen LogP contribution in [0.1, 0.15) is 113 Å². The highest BCUT2D eigenvalue weighted by Crippen LogP contribution is 2.49. The maximum absolute atomic E-state index is 13.1. The first-order chi connectivity index (χ1) is 24.5. The SMILES string of the molecule is CC(C)(CC(C)(C)N1C(=O)CC(C)(C(C)(C)C)CC1=O)C(=O)NCC(=O)NCCCCNC(N)=O.CCC.CSC(=O)OCc1ccc(NC=O)cc1. The van der Waals surface area contributed by atoms with Crippen molar-refractivity contribution in [1.29, 1.82) is 0 Å². The Hall–Kier alpha value is -4.14. The van der Waals surface area contributed by atoms with E-state index in [1.54, 1.807) is 58.2 Å². The minimum Gasteiger partial charge on any atom is -0.453 e. The van der Waals surface area contributed by atoms with Crippen LogP contribution in [0.2, 0.25) is 0 Å². The number of carbonyl (C=O) groups excluding carboxylic acids is 7. The van der Waals surface area contributed by atoms with Crippen molar-refractivity contribution in [2.45, 2.75) is 120 Å². The normalized spacial score (nSPS) is 14.0. The summed E-state index contributed by atoms with van der Waals surface area (Å²) in [6.45, 7) is 20.4. The maximum Gasteiger partial charge on any atom is 0.367 e. The predicted molar refractivity (Wildman–Crippen MR) is 210 cm³/mol. The first-order valence-corrected chi connectivity index (χ1v) is 19.2. The topological polar surface area (TPSA) is 206 Å². The van der Waals surface area contributed by atoms with E-state index in [0.29, 0.717) is 38.0 Å². The van der Waals surface area contributed by atoms with Gasteiger partial charge in [0.15, 0.2) is 0 Å². The van der Waals surface area contributed by atoms with E-state index in [1.807, 2.05) is 27.7 Å². The molecule has 0 bridgehead atoms. The van der Waals surface area contributed by atoms with Gasteiger partial charge in [0.05, 0.1) is 6.54 Å². The zero-order chi connectivity index (χ0) is 41.0. The molecule has 0 aromatic heterocycles. The first kappa shape index (κ1) is 48.9. The van der Waals surface area contributed by atoms with Gasteiger partial charge in [0.1, 0.15) is 6.61 Å². The van der Waals surface area contributed by atoms with E-state index in [4.69, 9.17) is 10.5 Å². The van der Waals surface area contributed by atoms with Gasteiger partial charge in [-0.2, -0.15) is 0 Å². The van der Waals surface area contributed by atoms with Gasteiger partial charge in [-0.25, -0.2) is 9.59 Å². The van der Waals surface area contributed by atoms with Crippen molar-refractivity contribution in [3.63, 3.8) is 0 Å². The third kappa shape index (κ3) is 18.0. The van der Waals surface area contributed by atoms with Crippen molar-refractivity contribution in [3.8, 4) is 0 Å². The predicted octanol–water partition coefficient (Wildman–Crippen LogP) is 5.73. The fourth-order valence-electron chi connectivity index (χ4n) is 5.59. The number of primary amides is 1. The summed E-state index contributed by atoms with van der Waals surface area (Å²) in [6.07, 6.45) is 5.66. The number of piperidine rings is 1. The van der Waals surface area contributed by atoms with E-state index in [-0.39, 0.29) is 66.8 Å². The van der Waals surface area contributed by atoms with Gasteiger partial charge in [-0.15, -0.1) is 0 Å². The number of unbranched alkanes of at least 4 members (excludes halogenated alkanes) is 1. The van der Waals surface area contributed by atoms with Crippen LogP contribution in [-0.2, 0) is 35.3 Å². The molecule has 1 saturated heterocycles. The van der Waals surface area contributed by atoms with Crippen LogP contribution in [0.25, 0.3) is 0 Å². The van der Waals surface area contributed by atoms with Crippen LogP contribution < -0.4 is 27.0 Å². The Kier molecular flexibility index (Phi) is 21.0. The first-order valence-electron chi connectivity index (χ1n) is 17.9. The highest BCUT2D eigenvalue weighted by molar-refractivity contribution is 8.12. The molecular weight excluding hydrogens is 701 g/mol. The molecule has 0 radical (unpaired) electrons. The molecule has 1 fully saturated rings. The summed E-state index contributed by atoms with van der Waals surface area (Å²) >= 11 is 1.04. The van der Waals surface area contributed by atoms with Gasteiger partial charge in [-0.05, 0) is 79.7 Å². The number of imide groups is 1. The smallest absolute Gasteiger partial charge is 0.367 e. The second kappa shape index (κ2) is 22.8. The molecule has 0 unspecified atom stereocenters. The molecule has 1 heterocycles. The van der Waals surface area contributed by atoms with Crippen molar-refractivity contribution in [3.05, 3.63) is 29.8 Å². The molecule has 300 valence electrons. The standard InChI is InChI=1S/C25H45N5O5.C10H11NO3S.C3H8/c1-22(2,3)25(8)13-18(32)30(19(33)14-25)24(6,7)16-23(4,5)20(34)29-15-17(31)27-11-9-10-12-28-21(26)35;1-15-10(13)14-6-8-2-4-9(5-3-8)11-7-12;1-3-2/h9-16H2,1-8H3,(H,27,31)(H,29,34)(H3,26,28,35);2-5,7H,6H2,1H3,(H,11,12);3H2,1-2H3. The van der Waals surface area contributed by atoms with Gasteiger partial charge in [0.25, 0.3) is 0 Å². The third-order valence-corrected chi connectivity index (χ3v) is 9.28. The fraction of sp³-hybridized carbons (Fsp3) is 0.658. The van der Waals surface area contributed by atoms with E-state index < -0.39 is 22.4 Å². The largest absolute Gasteiger partial charge is 0.453 e. The number of urea groups is 1. The van der Waals surface area contributed by atoms with Crippen LogP contribution in [0.4, 0.5) is 15.3 Å². The van der Waals surface area contributed by atoms with E-state index in [9.17, 15) is 33.6 Å². The van der Waals surface area contributed by atoms with E-state index in [1.165, 1.54) is 11.3 Å². The number of amides is 7. The molecule has 15 heteroatoms. The minimum atomic E-state index is -0.921. The summed E-state index contributed by atoms with van der Waals surface area (Å²) in [7, 11) is 0. The number of hydrogen-bond donors (Lipinski definition) is 5. The average molecular weight is 765 g/mol. The maximum atomic E-state index is 13.1. The molecule has 14 nitrogen and oxygen atoms in total. The Bertz CT molecular complexity index is 1360. The van der Waals surface area contributed by atoms with Crippen LogP contribution in [0.15, 0.2) is 24.3 Å². The van der Waals surface area contributed by atoms with Crippen LogP contribution in [0.3, 0.4) is 0 Å². The zero-order valence-electron chi connectivity index (χ0n) is 33.7. The molecule has 1 aromatic rings. The third-order valence-electron chi connectivity index (χ3n) is 8.82. The number of thioether (sulfide) groups is 1. The van der Waals surface area contributed by atoms with Crippen molar-refractivity contribution in [2.24, 2.45) is 22.0 Å². The molecule has 0 atom stereocenters. The van der Waals surface area contributed by atoms with Gasteiger partial charge >= 0.3 is 11.3 Å². The second-order valence-electron chi connectivity index (χ2n) is 15.6. The Morgan fingerprint density at radius 2 is 1.42 bits per heavy atom. The minimum absolute atomic E-state index is 0.173. The van der Waals surface area contributed by atoms with Crippen LogP contribution in [0, 0.1) is 16.2 Å². The molecule has 0 saturated carbocycles.